The van der Waals surface area contributed by atoms with E-state index in [1.165, 1.54) is 0 Å². The van der Waals surface area contributed by atoms with E-state index < -0.39 is 0 Å². The highest BCUT2D eigenvalue weighted by Gasteiger charge is 2.22. The number of aryl methyl sites for hydroxylation is 1. The lowest BCUT2D eigenvalue weighted by atomic mass is 10.1. The molecule has 1 aromatic rings. The second-order valence-electron chi connectivity index (χ2n) is 5.09. The quantitative estimate of drug-likeness (QED) is 0.596. The van der Waals surface area contributed by atoms with Gasteiger partial charge in [-0.05, 0) is 40.9 Å². The van der Waals surface area contributed by atoms with E-state index in [1.54, 1.807) is 6.07 Å². The van der Waals surface area contributed by atoms with E-state index >= 15 is 0 Å². The molecule has 1 heterocycles. The Bertz CT molecular complexity index is 442. The van der Waals surface area contributed by atoms with Crippen LogP contribution in [0.2, 0.25) is 0 Å². The Morgan fingerprint density at radius 2 is 2.06 bits per heavy atom. The smallest absolute Gasteiger partial charge is 0.317 e. The van der Waals surface area contributed by atoms with Crippen LogP contribution in [0.4, 0.5) is 0 Å². The first-order chi connectivity index (χ1) is 8.22. The number of nitrogens with zero attached hydrogens (tertiary/aromatic N) is 3. The fourth-order valence-electron chi connectivity index (χ4n) is 1.11. The molecular weight excluding hydrogens is 230 g/mol. The van der Waals surface area contributed by atoms with Crippen LogP contribution in [0.5, 0.6) is 6.01 Å². The summed E-state index contributed by atoms with van der Waals surface area (Å²) in [4.78, 5) is 10.3. The fraction of sp³-hybridized carbons (Fsp3) is 0.583. The van der Waals surface area contributed by atoms with Crippen LogP contribution in [0, 0.1) is 12.3 Å². The zero-order valence-corrected chi connectivity index (χ0v) is 11.6. The van der Waals surface area contributed by atoms with Gasteiger partial charge in [-0.2, -0.15) is 4.98 Å². The molecule has 0 saturated heterocycles. The van der Waals surface area contributed by atoms with Gasteiger partial charge in [0.2, 0.25) is 0 Å². The fourth-order valence-corrected chi connectivity index (χ4v) is 1.11. The molecular formula is C12H21N5O. The summed E-state index contributed by atoms with van der Waals surface area (Å²) in [6, 6.07) is 1.92. The number of likely N-dealkylation sites (N-methyl/N-ethyl adjacent to an activating group) is 1. The van der Waals surface area contributed by atoms with Crippen molar-refractivity contribution >= 4 is 5.84 Å². The monoisotopic (exact) mass is 251 g/mol. The molecule has 0 aliphatic rings. The number of ether oxygens (including phenoxy) is 1. The number of aromatic nitrogens is 2. The Morgan fingerprint density at radius 1 is 1.44 bits per heavy atom. The van der Waals surface area contributed by atoms with Crippen molar-refractivity contribution in [3.63, 3.8) is 0 Å². The minimum absolute atomic E-state index is 0.0859. The molecule has 0 unspecified atom stereocenters. The largest absolute Gasteiger partial charge is 0.461 e. The number of rotatable bonds is 5. The number of nitrogens with one attached hydrogen (secondary N) is 1. The summed E-state index contributed by atoms with van der Waals surface area (Å²) < 4.78 is 5.59. The molecule has 0 aliphatic carbocycles. The molecule has 6 nitrogen and oxygen atoms in total. The summed E-state index contributed by atoms with van der Waals surface area (Å²) in [5.74, 6) is -0.0859. The lowest BCUT2D eigenvalue weighted by Gasteiger charge is -2.31. The van der Waals surface area contributed by atoms with Crippen LogP contribution in [0.15, 0.2) is 6.07 Å². The van der Waals surface area contributed by atoms with Gasteiger partial charge >= 0.3 is 6.01 Å². The van der Waals surface area contributed by atoms with Crippen LogP contribution in [0.3, 0.4) is 0 Å². The van der Waals surface area contributed by atoms with Crippen molar-refractivity contribution in [2.24, 2.45) is 5.73 Å². The van der Waals surface area contributed by atoms with E-state index in [1.807, 2.05) is 21.0 Å². The average Bonchev–Trinajstić information content (AvgIpc) is 2.25. The van der Waals surface area contributed by atoms with Crippen molar-refractivity contribution < 1.29 is 4.74 Å². The number of hydrogen-bond acceptors (Lipinski definition) is 5. The lowest BCUT2D eigenvalue weighted by Crippen LogP contribution is -2.43. The molecule has 6 heteroatoms. The first kappa shape index (κ1) is 14.4. The highest BCUT2D eigenvalue weighted by atomic mass is 16.5. The minimum Gasteiger partial charge on any atom is -0.461 e. The van der Waals surface area contributed by atoms with Crippen LogP contribution >= 0.6 is 0 Å². The van der Waals surface area contributed by atoms with Gasteiger partial charge in [0.15, 0.2) is 0 Å². The number of amidine groups is 1. The van der Waals surface area contributed by atoms with Gasteiger partial charge in [-0.15, -0.1) is 0 Å². The lowest BCUT2D eigenvalue weighted by molar-refractivity contribution is 0.107. The average molecular weight is 251 g/mol. The maximum absolute atomic E-state index is 7.38. The third kappa shape index (κ3) is 3.66. The Labute approximate surface area is 108 Å². The minimum atomic E-state index is -0.122. The molecule has 0 spiro atoms. The summed E-state index contributed by atoms with van der Waals surface area (Å²) >= 11 is 0. The molecule has 1 aromatic heterocycles. The van der Waals surface area contributed by atoms with Crippen LogP contribution in [-0.2, 0) is 0 Å². The van der Waals surface area contributed by atoms with Crippen molar-refractivity contribution in [1.29, 1.82) is 5.41 Å². The van der Waals surface area contributed by atoms with E-state index in [-0.39, 0.29) is 17.4 Å². The molecule has 0 atom stereocenters. The van der Waals surface area contributed by atoms with Crippen molar-refractivity contribution in [3.05, 3.63) is 17.5 Å². The van der Waals surface area contributed by atoms with Crippen molar-refractivity contribution in [1.82, 2.24) is 14.9 Å². The Kier molecular flexibility index (Phi) is 4.24. The van der Waals surface area contributed by atoms with Crippen molar-refractivity contribution in [2.75, 3.05) is 20.7 Å². The molecule has 3 N–H and O–H groups in total. The zero-order valence-electron chi connectivity index (χ0n) is 11.6. The molecule has 0 saturated carbocycles. The molecule has 0 fully saturated rings. The Balaban J connectivity index is 2.83. The molecule has 1 rings (SSSR count). The van der Waals surface area contributed by atoms with Crippen LogP contribution in [0.25, 0.3) is 0 Å². The molecule has 100 valence electrons. The van der Waals surface area contributed by atoms with Gasteiger partial charge in [-0.25, -0.2) is 4.98 Å². The van der Waals surface area contributed by atoms with E-state index in [2.05, 4.69) is 28.7 Å². The second-order valence-corrected chi connectivity index (χ2v) is 5.09. The summed E-state index contributed by atoms with van der Waals surface area (Å²) in [6.45, 7) is 6.40. The number of hydrogen-bond donors (Lipinski definition) is 2. The molecule has 0 radical (unpaired) electrons. The summed E-state index contributed by atoms with van der Waals surface area (Å²) in [6.07, 6.45) is 0. The standard InChI is InChI=1S/C12H21N5O/c1-8-6-9(10(13)14)16-11(15-8)18-7-12(2,3)17(4)5/h6H,7H2,1-5H3,(H3,13,14). The van der Waals surface area contributed by atoms with Crippen LogP contribution < -0.4 is 10.5 Å². The molecule has 0 aliphatic heterocycles. The molecule has 0 bridgehead atoms. The third-order valence-corrected chi connectivity index (χ3v) is 2.87. The Hall–Kier alpha value is -1.69. The van der Waals surface area contributed by atoms with Gasteiger partial charge in [0.1, 0.15) is 18.1 Å². The zero-order chi connectivity index (χ0) is 13.9. The molecule has 0 aromatic carbocycles. The van der Waals surface area contributed by atoms with Crippen molar-refractivity contribution in [2.45, 2.75) is 26.3 Å². The predicted octanol–water partition coefficient (Wildman–Crippen LogP) is 0.788. The first-order valence-electron chi connectivity index (χ1n) is 5.72. The third-order valence-electron chi connectivity index (χ3n) is 2.87. The maximum Gasteiger partial charge on any atom is 0.317 e. The van der Waals surface area contributed by atoms with Gasteiger partial charge < -0.3 is 15.4 Å². The second kappa shape index (κ2) is 5.30. The van der Waals surface area contributed by atoms with Gasteiger partial charge in [-0.1, -0.05) is 0 Å². The first-order valence-corrected chi connectivity index (χ1v) is 5.72. The molecule has 0 amide bonds. The number of nitrogen functional groups attached to an aromatic ring is 1. The van der Waals surface area contributed by atoms with E-state index in [0.29, 0.717) is 12.3 Å². The van der Waals surface area contributed by atoms with Crippen molar-refractivity contribution in [3.8, 4) is 6.01 Å². The van der Waals surface area contributed by atoms with Crippen LogP contribution in [0.1, 0.15) is 25.2 Å². The van der Waals surface area contributed by atoms with E-state index in [0.717, 1.165) is 5.69 Å². The SMILES string of the molecule is Cc1cc(C(=N)N)nc(OCC(C)(C)N(C)C)n1. The number of nitrogens with two attached hydrogens (primary N) is 1. The highest BCUT2D eigenvalue weighted by Crippen LogP contribution is 2.13. The summed E-state index contributed by atoms with van der Waals surface area (Å²) in [7, 11) is 3.98. The predicted molar refractivity (Wildman–Crippen MR) is 71.0 cm³/mol. The van der Waals surface area contributed by atoms with E-state index in [9.17, 15) is 0 Å². The summed E-state index contributed by atoms with van der Waals surface area (Å²) in [5.41, 5.74) is 6.41. The normalized spacial score (nSPS) is 11.7. The van der Waals surface area contributed by atoms with Gasteiger partial charge in [0, 0.05) is 11.2 Å². The van der Waals surface area contributed by atoms with Gasteiger partial charge in [-0.3, -0.25) is 5.41 Å². The highest BCUT2D eigenvalue weighted by molar-refractivity contribution is 5.93. The summed E-state index contributed by atoms with van der Waals surface area (Å²) in [5, 5.41) is 7.38. The van der Waals surface area contributed by atoms with Crippen LogP contribution in [-0.4, -0.2) is 46.9 Å². The Morgan fingerprint density at radius 3 is 2.56 bits per heavy atom. The maximum atomic E-state index is 7.38. The van der Waals surface area contributed by atoms with Gasteiger partial charge in [0.05, 0.1) is 0 Å². The molecule has 18 heavy (non-hydrogen) atoms. The van der Waals surface area contributed by atoms with Gasteiger partial charge in [0.25, 0.3) is 0 Å². The topological polar surface area (TPSA) is 88.1 Å². The van der Waals surface area contributed by atoms with E-state index in [4.69, 9.17) is 15.9 Å².